The summed E-state index contributed by atoms with van der Waals surface area (Å²) in [6.07, 6.45) is 0. The summed E-state index contributed by atoms with van der Waals surface area (Å²) in [5.74, 6) is 0.631. The van der Waals surface area contributed by atoms with Crippen LogP contribution >= 0.6 is 22.9 Å². The highest BCUT2D eigenvalue weighted by atomic mass is 35.5. The molecule has 1 N–H and O–H groups in total. The summed E-state index contributed by atoms with van der Waals surface area (Å²) in [6.45, 7) is 0. The van der Waals surface area contributed by atoms with E-state index in [-0.39, 0.29) is 11.2 Å². The lowest BCUT2D eigenvalue weighted by Crippen LogP contribution is -2.03. The van der Waals surface area contributed by atoms with E-state index in [9.17, 15) is 10.1 Å². The zero-order valence-electron chi connectivity index (χ0n) is 14.4. The van der Waals surface area contributed by atoms with Crippen LogP contribution in [0.15, 0.2) is 52.3 Å². The second-order valence-corrected chi connectivity index (χ2v) is 7.15. The van der Waals surface area contributed by atoms with E-state index in [1.165, 1.54) is 29.5 Å². The van der Waals surface area contributed by atoms with Gasteiger partial charge in [-0.3, -0.25) is 15.5 Å². The fourth-order valence-electron chi connectivity index (χ4n) is 2.80. The van der Waals surface area contributed by atoms with Gasteiger partial charge in [0.2, 0.25) is 5.55 Å². The van der Waals surface area contributed by atoms with Crippen molar-refractivity contribution in [2.45, 2.75) is 0 Å². The molecule has 0 bridgehead atoms. The Bertz CT molecular complexity index is 1280. The molecule has 2 aromatic heterocycles. The maximum absolute atomic E-state index is 11.0. The summed E-state index contributed by atoms with van der Waals surface area (Å²) >= 11 is 7.43. The monoisotopic (exact) mass is 413 g/mol. The van der Waals surface area contributed by atoms with E-state index in [0.29, 0.717) is 38.0 Å². The Balaban J connectivity index is 1.83. The summed E-state index contributed by atoms with van der Waals surface area (Å²) in [6, 6.07) is 11.2. The van der Waals surface area contributed by atoms with Crippen LogP contribution in [0, 0.1) is 15.5 Å². The molecule has 0 spiro atoms. The van der Waals surface area contributed by atoms with Crippen molar-refractivity contribution in [2.75, 3.05) is 7.11 Å². The fourth-order valence-corrected chi connectivity index (χ4v) is 3.81. The molecule has 0 atom stereocenters. The van der Waals surface area contributed by atoms with E-state index < -0.39 is 4.92 Å². The van der Waals surface area contributed by atoms with E-state index in [0.717, 1.165) is 5.56 Å². The summed E-state index contributed by atoms with van der Waals surface area (Å²) in [4.78, 5) is 15.1. The first-order chi connectivity index (χ1) is 13.5. The number of hydrogen-bond acceptors (Lipinski definition) is 7. The molecule has 0 saturated carbocycles. The van der Waals surface area contributed by atoms with Crippen LogP contribution in [0.25, 0.3) is 32.8 Å². The van der Waals surface area contributed by atoms with Crippen LogP contribution in [0.5, 0.6) is 5.75 Å². The molecule has 4 rings (SSSR count). The molecule has 2 heterocycles. The summed E-state index contributed by atoms with van der Waals surface area (Å²) in [7, 11) is 1.57. The zero-order chi connectivity index (χ0) is 19.8. The number of fused-ring (bicyclic) bond motifs is 1. The predicted octanol–water partition coefficient (Wildman–Crippen LogP) is 5.27. The second-order valence-electron chi connectivity index (χ2n) is 5.85. The van der Waals surface area contributed by atoms with Crippen LogP contribution < -0.4 is 10.3 Å². The molecule has 2 aromatic carbocycles. The van der Waals surface area contributed by atoms with Gasteiger partial charge in [0, 0.05) is 33.5 Å². The van der Waals surface area contributed by atoms with Crippen LogP contribution in [0.1, 0.15) is 0 Å². The first-order valence-electron chi connectivity index (χ1n) is 8.03. The number of nitrogens with one attached hydrogen (secondary N) is 1. The molecule has 9 heteroatoms. The number of aromatic nitrogens is 1. The first kappa shape index (κ1) is 18.1. The van der Waals surface area contributed by atoms with Crippen molar-refractivity contribution in [3.05, 3.63) is 68.5 Å². The molecule has 0 aliphatic heterocycles. The molecule has 0 unspecified atom stereocenters. The molecular weight excluding hydrogens is 402 g/mol. The number of methoxy groups -OCH3 is 1. The Hall–Kier alpha value is -3.23. The Morgan fingerprint density at radius 1 is 1.21 bits per heavy atom. The average Bonchev–Trinajstić information content (AvgIpc) is 3.16. The molecule has 4 aromatic rings. The molecule has 0 radical (unpaired) electrons. The van der Waals surface area contributed by atoms with Gasteiger partial charge in [-0.1, -0.05) is 11.6 Å². The standard InChI is InChI=1S/C19H12ClN3O4S/c1-26-17-4-2-11(20)8-13(17)15-9-28-19(22-15)14-7-10-6-12(23(24)25)3-5-16(10)27-18(14)21/h2-9,21H,1H3. The van der Waals surface area contributed by atoms with Crippen LogP contribution in [-0.2, 0) is 0 Å². The van der Waals surface area contributed by atoms with Crippen molar-refractivity contribution >= 4 is 39.6 Å². The lowest BCUT2D eigenvalue weighted by Gasteiger charge is -2.06. The number of nitro groups is 1. The smallest absolute Gasteiger partial charge is 0.270 e. The molecule has 0 amide bonds. The predicted molar refractivity (Wildman–Crippen MR) is 107 cm³/mol. The molecular formula is C19H12ClN3O4S. The van der Waals surface area contributed by atoms with Crippen molar-refractivity contribution < 1.29 is 14.1 Å². The van der Waals surface area contributed by atoms with Gasteiger partial charge in [-0.15, -0.1) is 11.3 Å². The van der Waals surface area contributed by atoms with Crippen LogP contribution in [0.4, 0.5) is 5.69 Å². The van der Waals surface area contributed by atoms with E-state index >= 15 is 0 Å². The van der Waals surface area contributed by atoms with E-state index in [2.05, 4.69) is 4.98 Å². The van der Waals surface area contributed by atoms with Gasteiger partial charge in [0.15, 0.2) is 0 Å². The van der Waals surface area contributed by atoms with Crippen molar-refractivity contribution in [2.24, 2.45) is 0 Å². The van der Waals surface area contributed by atoms with Gasteiger partial charge in [-0.05, 0) is 30.3 Å². The molecule has 7 nitrogen and oxygen atoms in total. The van der Waals surface area contributed by atoms with Gasteiger partial charge >= 0.3 is 0 Å². The highest BCUT2D eigenvalue weighted by Crippen LogP contribution is 2.35. The van der Waals surface area contributed by atoms with Crippen molar-refractivity contribution in [3.8, 4) is 27.6 Å². The Kier molecular flexibility index (Phi) is 4.58. The molecule has 28 heavy (non-hydrogen) atoms. The first-order valence-corrected chi connectivity index (χ1v) is 9.29. The van der Waals surface area contributed by atoms with E-state index in [4.69, 9.17) is 26.2 Å². The Labute approximate surface area is 167 Å². The maximum Gasteiger partial charge on any atom is 0.270 e. The number of nitrogens with zero attached hydrogens (tertiary/aromatic N) is 2. The Morgan fingerprint density at radius 3 is 2.79 bits per heavy atom. The largest absolute Gasteiger partial charge is 0.496 e. The van der Waals surface area contributed by atoms with Crippen molar-refractivity contribution in [1.29, 1.82) is 5.41 Å². The average molecular weight is 414 g/mol. The van der Waals surface area contributed by atoms with Crippen LogP contribution in [0.3, 0.4) is 0 Å². The quantitative estimate of drug-likeness (QED) is 0.362. The highest BCUT2D eigenvalue weighted by Gasteiger charge is 2.15. The number of halogens is 1. The second kappa shape index (κ2) is 7.06. The van der Waals surface area contributed by atoms with Crippen molar-refractivity contribution in [1.82, 2.24) is 4.98 Å². The minimum absolute atomic E-state index is 0.0464. The number of nitro benzene ring substituents is 1. The maximum atomic E-state index is 11.0. The van der Waals surface area contributed by atoms with Gasteiger partial charge < -0.3 is 9.15 Å². The third kappa shape index (κ3) is 3.23. The zero-order valence-corrected chi connectivity index (χ0v) is 16.0. The number of hydrogen-bond donors (Lipinski definition) is 1. The van der Waals surface area contributed by atoms with Gasteiger partial charge in [0.05, 0.1) is 23.3 Å². The van der Waals surface area contributed by atoms with E-state index in [1.54, 1.807) is 31.4 Å². The molecule has 0 aliphatic rings. The lowest BCUT2D eigenvalue weighted by molar-refractivity contribution is -0.384. The minimum Gasteiger partial charge on any atom is -0.496 e. The topological polar surface area (TPSA) is 102 Å². The van der Waals surface area contributed by atoms with Gasteiger partial charge in [-0.2, -0.15) is 0 Å². The number of non-ortho nitro benzene ring substituents is 1. The lowest BCUT2D eigenvalue weighted by atomic mass is 10.1. The normalized spacial score (nSPS) is 10.9. The molecule has 140 valence electrons. The molecule has 0 saturated heterocycles. The van der Waals surface area contributed by atoms with Gasteiger partial charge in [0.25, 0.3) is 5.69 Å². The highest BCUT2D eigenvalue weighted by molar-refractivity contribution is 7.13. The number of ether oxygens (including phenoxy) is 1. The summed E-state index contributed by atoms with van der Waals surface area (Å²) < 4.78 is 10.9. The van der Waals surface area contributed by atoms with Gasteiger partial charge in [0.1, 0.15) is 16.3 Å². The Morgan fingerprint density at radius 2 is 2.04 bits per heavy atom. The number of thiazole rings is 1. The summed E-state index contributed by atoms with van der Waals surface area (Å²) in [5, 5.41) is 22.7. The van der Waals surface area contributed by atoms with Gasteiger partial charge in [-0.25, -0.2) is 4.98 Å². The van der Waals surface area contributed by atoms with Crippen LogP contribution in [-0.4, -0.2) is 17.0 Å². The fraction of sp³-hybridized carbons (Fsp3) is 0.0526. The minimum atomic E-state index is -0.472. The SMILES string of the molecule is COc1ccc(Cl)cc1-c1csc(-c2cc3cc([N+](=O)[O-])ccc3oc2=N)n1. The third-order valence-electron chi connectivity index (χ3n) is 4.13. The van der Waals surface area contributed by atoms with E-state index in [1.807, 2.05) is 5.38 Å². The number of benzene rings is 2. The molecule has 0 fully saturated rings. The summed E-state index contributed by atoms with van der Waals surface area (Å²) in [5.41, 5.74) is 2.11. The van der Waals surface area contributed by atoms with Crippen LogP contribution in [0.2, 0.25) is 5.02 Å². The molecule has 0 aliphatic carbocycles. The number of rotatable bonds is 4. The third-order valence-corrected chi connectivity index (χ3v) is 5.24. The van der Waals surface area contributed by atoms with Crippen molar-refractivity contribution in [3.63, 3.8) is 0 Å².